The third-order valence-electron chi connectivity index (χ3n) is 5.68. The SMILES string of the molecule is CCN(CC)c1ccc(S(=O)(=O)N2CCOCC2)cc1NC(=O)CCc1cccc(C)c1. The molecule has 1 fully saturated rings. The number of nitrogens with zero attached hydrogens (tertiary/aromatic N) is 2. The molecule has 0 unspecified atom stereocenters. The number of hydrogen-bond acceptors (Lipinski definition) is 5. The summed E-state index contributed by atoms with van der Waals surface area (Å²) < 4.78 is 33.0. The summed E-state index contributed by atoms with van der Waals surface area (Å²) in [6.45, 7) is 9.03. The Morgan fingerprint density at radius 3 is 2.47 bits per heavy atom. The van der Waals surface area contributed by atoms with Gasteiger partial charge < -0.3 is 15.0 Å². The Bertz CT molecular complexity index is 1030. The quantitative estimate of drug-likeness (QED) is 0.622. The van der Waals surface area contributed by atoms with E-state index in [9.17, 15) is 13.2 Å². The average Bonchev–Trinajstić information content (AvgIpc) is 2.80. The van der Waals surface area contributed by atoms with E-state index in [4.69, 9.17) is 4.74 Å². The van der Waals surface area contributed by atoms with Crippen molar-refractivity contribution in [2.24, 2.45) is 0 Å². The lowest BCUT2D eigenvalue weighted by molar-refractivity contribution is -0.116. The molecule has 0 atom stereocenters. The van der Waals surface area contributed by atoms with Gasteiger partial charge in [-0.15, -0.1) is 0 Å². The molecule has 0 aromatic heterocycles. The maximum absolute atomic E-state index is 13.1. The lowest BCUT2D eigenvalue weighted by atomic mass is 10.1. The van der Waals surface area contributed by atoms with Crippen LogP contribution in [0.2, 0.25) is 0 Å². The van der Waals surface area contributed by atoms with Crippen LogP contribution in [0.15, 0.2) is 47.4 Å². The molecular weight excluding hydrogens is 426 g/mol. The van der Waals surface area contributed by atoms with Crippen molar-refractivity contribution in [3.8, 4) is 0 Å². The van der Waals surface area contributed by atoms with Crippen LogP contribution in [0.5, 0.6) is 0 Å². The number of ether oxygens (including phenoxy) is 1. The molecule has 0 aliphatic carbocycles. The van der Waals surface area contributed by atoms with E-state index in [1.54, 1.807) is 18.2 Å². The molecule has 1 aliphatic rings. The number of morpholine rings is 1. The highest BCUT2D eigenvalue weighted by Crippen LogP contribution is 2.30. The average molecular weight is 460 g/mol. The predicted molar refractivity (Wildman–Crippen MR) is 128 cm³/mol. The molecule has 0 saturated carbocycles. The summed E-state index contributed by atoms with van der Waals surface area (Å²) in [6.07, 6.45) is 0.946. The number of aryl methyl sites for hydroxylation is 2. The Morgan fingerprint density at radius 2 is 1.81 bits per heavy atom. The fraction of sp³-hybridized carbons (Fsp3) is 0.458. The van der Waals surface area contributed by atoms with Gasteiger partial charge in [-0.3, -0.25) is 4.79 Å². The number of sulfonamides is 1. The van der Waals surface area contributed by atoms with Crippen molar-refractivity contribution >= 4 is 27.3 Å². The maximum atomic E-state index is 13.1. The van der Waals surface area contributed by atoms with E-state index in [0.717, 1.165) is 29.9 Å². The van der Waals surface area contributed by atoms with Gasteiger partial charge in [0.25, 0.3) is 0 Å². The van der Waals surface area contributed by atoms with Crippen LogP contribution in [-0.2, 0) is 26.0 Å². The number of hydrogen-bond donors (Lipinski definition) is 1. The standard InChI is InChI=1S/C24H33N3O4S/c1-4-26(5-2)23-11-10-21(32(29,30)27-13-15-31-16-14-27)18-22(23)25-24(28)12-9-20-8-6-7-19(3)17-20/h6-8,10-11,17-18H,4-5,9,12-16H2,1-3H3,(H,25,28). The van der Waals surface area contributed by atoms with Gasteiger partial charge in [0, 0.05) is 32.6 Å². The molecule has 1 aliphatic heterocycles. The largest absolute Gasteiger partial charge is 0.379 e. The smallest absolute Gasteiger partial charge is 0.243 e. The molecule has 32 heavy (non-hydrogen) atoms. The molecule has 0 radical (unpaired) electrons. The van der Waals surface area contributed by atoms with Gasteiger partial charge in [-0.2, -0.15) is 4.31 Å². The first-order chi connectivity index (χ1) is 15.3. The van der Waals surface area contributed by atoms with Gasteiger partial charge in [0.1, 0.15) is 0 Å². The third-order valence-corrected chi connectivity index (χ3v) is 7.57. The molecule has 1 saturated heterocycles. The minimum Gasteiger partial charge on any atom is -0.379 e. The molecule has 2 aromatic carbocycles. The number of rotatable bonds is 9. The first kappa shape index (κ1) is 24.2. The van der Waals surface area contributed by atoms with Crippen molar-refractivity contribution in [1.29, 1.82) is 0 Å². The summed E-state index contributed by atoms with van der Waals surface area (Å²) in [5.41, 5.74) is 3.61. The van der Waals surface area contributed by atoms with Gasteiger partial charge in [-0.25, -0.2) is 8.42 Å². The van der Waals surface area contributed by atoms with Gasteiger partial charge in [0.15, 0.2) is 0 Å². The lowest BCUT2D eigenvalue weighted by Crippen LogP contribution is -2.40. The molecular formula is C24H33N3O4S. The highest BCUT2D eigenvalue weighted by Gasteiger charge is 2.27. The van der Waals surface area contributed by atoms with Crippen LogP contribution in [0.1, 0.15) is 31.4 Å². The van der Waals surface area contributed by atoms with Crippen LogP contribution in [0, 0.1) is 6.92 Å². The minimum atomic E-state index is -3.65. The summed E-state index contributed by atoms with van der Waals surface area (Å²) in [6, 6.07) is 13.1. The van der Waals surface area contributed by atoms with Crippen LogP contribution in [0.3, 0.4) is 0 Å². The molecule has 0 spiro atoms. The van der Waals surface area contributed by atoms with Crippen LogP contribution in [0.25, 0.3) is 0 Å². The number of carbonyl (C=O) groups is 1. The van der Waals surface area contributed by atoms with Crippen molar-refractivity contribution in [3.05, 3.63) is 53.6 Å². The number of benzene rings is 2. The molecule has 3 rings (SSSR count). The van der Waals surface area contributed by atoms with Crippen molar-refractivity contribution < 1.29 is 17.9 Å². The topological polar surface area (TPSA) is 79.0 Å². The van der Waals surface area contributed by atoms with Crippen LogP contribution >= 0.6 is 0 Å². The summed E-state index contributed by atoms with van der Waals surface area (Å²) in [4.78, 5) is 15.1. The molecule has 2 aromatic rings. The second kappa shape index (κ2) is 10.9. The Balaban J connectivity index is 1.83. The van der Waals surface area contributed by atoms with Gasteiger partial charge in [0.05, 0.1) is 29.5 Å². The number of nitrogens with one attached hydrogen (secondary N) is 1. The van der Waals surface area contributed by atoms with Gasteiger partial charge >= 0.3 is 0 Å². The van der Waals surface area contributed by atoms with Crippen molar-refractivity contribution in [3.63, 3.8) is 0 Å². The zero-order valence-electron chi connectivity index (χ0n) is 19.1. The molecule has 1 N–H and O–H groups in total. The van der Waals surface area contributed by atoms with E-state index in [1.807, 2.05) is 39.0 Å². The van der Waals surface area contributed by atoms with Crippen molar-refractivity contribution in [2.45, 2.75) is 38.5 Å². The van der Waals surface area contributed by atoms with Crippen LogP contribution < -0.4 is 10.2 Å². The fourth-order valence-electron chi connectivity index (χ4n) is 3.89. The Hall–Kier alpha value is -2.42. The number of anilines is 2. The summed E-state index contributed by atoms with van der Waals surface area (Å²) in [7, 11) is -3.65. The van der Waals surface area contributed by atoms with Crippen LogP contribution in [-0.4, -0.2) is 58.0 Å². The van der Waals surface area contributed by atoms with E-state index in [1.165, 1.54) is 4.31 Å². The van der Waals surface area contributed by atoms with Crippen molar-refractivity contribution in [2.75, 3.05) is 49.6 Å². The van der Waals surface area contributed by atoms with Crippen LogP contribution in [0.4, 0.5) is 11.4 Å². The fourth-order valence-corrected chi connectivity index (χ4v) is 5.32. The molecule has 8 heteroatoms. The number of carbonyl (C=O) groups excluding carboxylic acids is 1. The van der Waals surface area contributed by atoms with E-state index >= 15 is 0 Å². The van der Waals surface area contributed by atoms with Gasteiger partial charge in [0.2, 0.25) is 15.9 Å². The first-order valence-electron chi connectivity index (χ1n) is 11.2. The van der Waals surface area contributed by atoms with E-state index < -0.39 is 10.0 Å². The van der Waals surface area contributed by atoms with Gasteiger partial charge in [-0.05, 0) is 51.0 Å². The maximum Gasteiger partial charge on any atom is 0.243 e. The predicted octanol–water partition coefficient (Wildman–Crippen LogP) is 3.43. The summed E-state index contributed by atoms with van der Waals surface area (Å²) in [5.74, 6) is -0.138. The second-order valence-corrected chi connectivity index (χ2v) is 9.84. The Morgan fingerprint density at radius 1 is 1.09 bits per heavy atom. The number of amides is 1. The normalized spacial score (nSPS) is 14.8. The van der Waals surface area contributed by atoms with E-state index in [-0.39, 0.29) is 10.8 Å². The Labute approximate surface area is 191 Å². The second-order valence-electron chi connectivity index (χ2n) is 7.90. The zero-order chi connectivity index (χ0) is 23.1. The third kappa shape index (κ3) is 5.88. The summed E-state index contributed by atoms with van der Waals surface area (Å²) >= 11 is 0. The van der Waals surface area contributed by atoms with Crippen molar-refractivity contribution in [1.82, 2.24) is 4.31 Å². The highest BCUT2D eigenvalue weighted by atomic mass is 32.2. The molecule has 1 heterocycles. The molecule has 0 bridgehead atoms. The monoisotopic (exact) mass is 459 g/mol. The van der Waals surface area contributed by atoms with Gasteiger partial charge in [-0.1, -0.05) is 29.8 Å². The van der Waals surface area contributed by atoms with E-state index in [2.05, 4.69) is 16.3 Å². The highest BCUT2D eigenvalue weighted by molar-refractivity contribution is 7.89. The Kier molecular flexibility index (Phi) is 8.28. The molecule has 7 nitrogen and oxygen atoms in total. The zero-order valence-corrected chi connectivity index (χ0v) is 20.0. The molecule has 1 amide bonds. The van der Waals surface area contributed by atoms with E-state index in [0.29, 0.717) is 44.8 Å². The minimum absolute atomic E-state index is 0.138. The first-order valence-corrected chi connectivity index (χ1v) is 12.6. The molecule has 174 valence electrons. The lowest BCUT2D eigenvalue weighted by Gasteiger charge is -2.28. The summed E-state index contributed by atoms with van der Waals surface area (Å²) in [5, 5.41) is 2.97.